The molecule has 0 aromatic heterocycles. The number of amides is 1. The van der Waals surface area contributed by atoms with Crippen molar-refractivity contribution in [1.29, 1.82) is 0 Å². The molecule has 1 N–H and O–H groups in total. The van der Waals surface area contributed by atoms with Crippen molar-refractivity contribution in [2.24, 2.45) is 0 Å². The highest BCUT2D eigenvalue weighted by Gasteiger charge is 2.13. The summed E-state index contributed by atoms with van der Waals surface area (Å²) in [6.45, 7) is 2.18. The smallest absolute Gasteiger partial charge is 0.255 e. The highest BCUT2D eigenvalue weighted by atomic mass is 16.5. The van der Waals surface area contributed by atoms with E-state index in [1.54, 1.807) is 32.4 Å². The van der Waals surface area contributed by atoms with E-state index >= 15 is 0 Å². The Morgan fingerprint density at radius 2 is 1.68 bits per heavy atom. The molecular formula is C20H24N2O3. The molecule has 132 valence electrons. The lowest BCUT2D eigenvalue weighted by Gasteiger charge is -2.28. The molecule has 2 aromatic rings. The van der Waals surface area contributed by atoms with Crippen LogP contribution in [0.5, 0.6) is 11.5 Å². The first-order valence-electron chi connectivity index (χ1n) is 8.59. The van der Waals surface area contributed by atoms with Crippen LogP contribution in [-0.4, -0.2) is 33.2 Å². The van der Waals surface area contributed by atoms with Crippen LogP contribution in [0.15, 0.2) is 42.5 Å². The van der Waals surface area contributed by atoms with E-state index in [1.165, 1.54) is 24.9 Å². The number of hydrogen-bond acceptors (Lipinski definition) is 4. The third kappa shape index (κ3) is 4.05. The van der Waals surface area contributed by atoms with Crippen molar-refractivity contribution >= 4 is 17.3 Å². The molecule has 3 rings (SSSR count). The van der Waals surface area contributed by atoms with Crippen LogP contribution in [-0.2, 0) is 0 Å². The van der Waals surface area contributed by atoms with Gasteiger partial charge in [0.15, 0.2) is 0 Å². The molecule has 0 bridgehead atoms. The Labute approximate surface area is 148 Å². The molecule has 1 fully saturated rings. The number of anilines is 2. The summed E-state index contributed by atoms with van der Waals surface area (Å²) < 4.78 is 10.5. The van der Waals surface area contributed by atoms with Gasteiger partial charge in [0.25, 0.3) is 5.91 Å². The molecule has 0 atom stereocenters. The number of piperidine rings is 1. The van der Waals surface area contributed by atoms with Crippen LogP contribution in [0, 0.1) is 0 Å². The van der Waals surface area contributed by atoms with E-state index in [2.05, 4.69) is 10.2 Å². The molecule has 25 heavy (non-hydrogen) atoms. The molecule has 2 aromatic carbocycles. The molecule has 0 spiro atoms. The first-order chi connectivity index (χ1) is 12.2. The second-order valence-corrected chi connectivity index (χ2v) is 6.11. The maximum atomic E-state index is 12.5. The van der Waals surface area contributed by atoms with E-state index in [-0.39, 0.29) is 5.91 Å². The van der Waals surface area contributed by atoms with Gasteiger partial charge >= 0.3 is 0 Å². The second kappa shape index (κ2) is 7.92. The van der Waals surface area contributed by atoms with Gasteiger partial charge in [-0.1, -0.05) is 0 Å². The number of carbonyl (C=O) groups excluding carboxylic acids is 1. The number of nitrogens with one attached hydrogen (secondary N) is 1. The topological polar surface area (TPSA) is 50.8 Å². The largest absolute Gasteiger partial charge is 0.497 e. The maximum Gasteiger partial charge on any atom is 0.255 e. The highest BCUT2D eigenvalue weighted by Crippen LogP contribution is 2.29. The zero-order valence-electron chi connectivity index (χ0n) is 14.7. The average molecular weight is 340 g/mol. The quantitative estimate of drug-likeness (QED) is 0.895. The minimum atomic E-state index is -0.159. The molecular weight excluding hydrogens is 316 g/mol. The highest BCUT2D eigenvalue weighted by molar-refractivity contribution is 6.05. The van der Waals surface area contributed by atoms with Gasteiger partial charge in [-0.2, -0.15) is 0 Å². The SMILES string of the molecule is COc1ccc(NC(=O)c2ccc(N3CCCCC3)cc2)c(OC)c1. The van der Waals surface area contributed by atoms with Crippen molar-refractivity contribution in [2.75, 3.05) is 37.5 Å². The first-order valence-corrected chi connectivity index (χ1v) is 8.59. The van der Waals surface area contributed by atoms with E-state index in [1.807, 2.05) is 24.3 Å². The number of ether oxygens (including phenoxy) is 2. The lowest BCUT2D eigenvalue weighted by atomic mass is 10.1. The fourth-order valence-corrected chi connectivity index (χ4v) is 3.07. The molecule has 0 radical (unpaired) electrons. The van der Waals surface area contributed by atoms with Gasteiger partial charge < -0.3 is 19.7 Å². The van der Waals surface area contributed by atoms with Gasteiger partial charge in [0, 0.05) is 30.4 Å². The van der Waals surface area contributed by atoms with Crippen molar-refractivity contribution in [2.45, 2.75) is 19.3 Å². The second-order valence-electron chi connectivity index (χ2n) is 6.11. The van der Waals surface area contributed by atoms with E-state index < -0.39 is 0 Å². The van der Waals surface area contributed by atoms with Gasteiger partial charge in [0.1, 0.15) is 11.5 Å². The summed E-state index contributed by atoms with van der Waals surface area (Å²) in [6.07, 6.45) is 3.78. The minimum absolute atomic E-state index is 0.159. The number of carbonyl (C=O) groups is 1. The van der Waals surface area contributed by atoms with Crippen LogP contribution in [0.25, 0.3) is 0 Å². The Hall–Kier alpha value is -2.69. The van der Waals surface area contributed by atoms with Gasteiger partial charge in [-0.25, -0.2) is 0 Å². The van der Waals surface area contributed by atoms with Crippen LogP contribution < -0.4 is 19.7 Å². The Morgan fingerprint density at radius 3 is 2.32 bits per heavy atom. The summed E-state index contributed by atoms with van der Waals surface area (Å²) >= 11 is 0. The summed E-state index contributed by atoms with van der Waals surface area (Å²) in [6, 6.07) is 13.1. The van der Waals surface area contributed by atoms with Gasteiger partial charge in [0.05, 0.1) is 19.9 Å². The van der Waals surface area contributed by atoms with Crippen molar-refractivity contribution in [3.8, 4) is 11.5 Å². The van der Waals surface area contributed by atoms with Crippen LogP contribution in [0.2, 0.25) is 0 Å². The van der Waals surface area contributed by atoms with E-state index in [0.717, 1.165) is 13.1 Å². The Morgan fingerprint density at radius 1 is 0.960 bits per heavy atom. The summed E-state index contributed by atoms with van der Waals surface area (Å²) in [5, 5.41) is 2.89. The zero-order valence-corrected chi connectivity index (χ0v) is 14.7. The normalized spacial score (nSPS) is 14.1. The zero-order chi connectivity index (χ0) is 17.6. The lowest BCUT2D eigenvalue weighted by Crippen LogP contribution is -2.29. The number of rotatable bonds is 5. The third-order valence-electron chi connectivity index (χ3n) is 4.51. The van der Waals surface area contributed by atoms with Crippen molar-refractivity contribution in [3.63, 3.8) is 0 Å². The van der Waals surface area contributed by atoms with Crippen LogP contribution in [0.3, 0.4) is 0 Å². The number of hydrogen-bond donors (Lipinski definition) is 1. The minimum Gasteiger partial charge on any atom is -0.497 e. The van der Waals surface area contributed by atoms with Gasteiger partial charge in [0.2, 0.25) is 0 Å². The predicted molar refractivity (Wildman–Crippen MR) is 100 cm³/mol. The molecule has 1 amide bonds. The number of benzene rings is 2. The standard InChI is InChI=1S/C20H24N2O3/c1-24-17-10-11-18(19(14-17)25-2)21-20(23)15-6-8-16(9-7-15)22-12-4-3-5-13-22/h6-11,14H,3-5,12-13H2,1-2H3,(H,21,23). The first kappa shape index (κ1) is 17.1. The lowest BCUT2D eigenvalue weighted by molar-refractivity contribution is 0.102. The Kier molecular flexibility index (Phi) is 5.43. The van der Waals surface area contributed by atoms with Gasteiger partial charge in [-0.3, -0.25) is 4.79 Å². The van der Waals surface area contributed by atoms with E-state index in [9.17, 15) is 4.79 Å². The fraction of sp³-hybridized carbons (Fsp3) is 0.350. The van der Waals surface area contributed by atoms with Crippen LogP contribution >= 0.6 is 0 Å². The molecule has 5 nitrogen and oxygen atoms in total. The third-order valence-corrected chi connectivity index (χ3v) is 4.51. The van der Waals surface area contributed by atoms with Crippen molar-refractivity contribution in [1.82, 2.24) is 0 Å². The summed E-state index contributed by atoms with van der Waals surface area (Å²) in [4.78, 5) is 14.9. The number of methoxy groups -OCH3 is 2. The molecule has 1 heterocycles. The molecule has 1 saturated heterocycles. The van der Waals surface area contributed by atoms with E-state index in [4.69, 9.17) is 9.47 Å². The maximum absolute atomic E-state index is 12.5. The van der Waals surface area contributed by atoms with E-state index in [0.29, 0.717) is 22.7 Å². The van der Waals surface area contributed by atoms with Crippen LogP contribution in [0.1, 0.15) is 29.6 Å². The molecule has 0 unspecified atom stereocenters. The monoisotopic (exact) mass is 340 g/mol. The van der Waals surface area contributed by atoms with Gasteiger partial charge in [-0.15, -0.1) is 0 Å². The molecule has 0 saturated carbocycles. The Bertz CT molecular complexity index is 722. The summed E-state index contributed by atoms with van der Waals surface area (Å²) in [7, 11) is 3.16. The molecule has 1 aliphatic heterocycles. The van der Waals surface area contributed by atoms with Crippen molar-refractivity contribution < 1.29 is 14.3 Å². The predicted octanol–water partition coefficient (Wildman–Crippen LogP) is 3.95. The molecule has 0 aliphatic carbocycles. The summed E-state index contributed by atoms with van der Waals surface area (Å²) in [5.41, 5.74) is 2.42. The van der Waals surface area contributed by atoms with Gasteiger partial charge in [-0.05, 0) is 55.7 Å². The van der Waals surface area contributed by atoms with Crippen LogP contribution in [0.4, 0.5) is 11.4 Å². The average Bonchev–Trinajstić information content (AvgIpc) is 2.69. The van der Waals surface area contributed by atoms with Crippen molar-refractivity contribution in [3.05, 3.63) is 48.0 Å². The fourth-order valence-electron chi connectivity index (χ4n) is 3.07. The number of nitrogens with zero attached hydrogens (tertiary/aromatic N) is 1. The molecule has 1 aliphatic rings. The molecule has 5 heteroatoms. The Balaban J connectivity index is 1.71. The summed E-state index contributed by atoms with van der Waals surface area (Å²) in [5.74, 6) is 1.09.